The highest BCUT2D eigenvalue weighted by molar-refractivity contribution is 6.31. The van der Waals surface area contributed by atoms with Gasteiger partial charge in [0.2, 0.25) is 0 Å². The Bertz CT molecular complexity index is 379. The van der Waals surface area contributed by atoms with Crippen molar-refractivity contribution in [2.45, 2.75) is 12.8 Å². The molecule has 0 atom stereocenters. The van der Waals surface area contributed by atoms with Crippen molar-refractivity contribution >= 4 is 11.6 Å². The number of hydrogen-bond donors (Lipinski definition) is 0. The van der Waals surface area contributed by atoms with Crippen LogP contribution < -0.4 is 4.74 Å². The SMILES string of the molecule is N#Cc1c(Cl)cccc1OCC1CC1. The van der Waals surface area contributed by atoms with Crippen LogP contribution in [0.25, 0.3) is 0 Å². The van der Waals surface area contributed by atoms with Crippen molar-refractivity contribution in [3.05, 3.63) is 28.8 Å². The first-order valence-corrected chi connectivity index (χ1v) is 5.00. The van der Waals surface area contributed by atoms with Gasteiger partial charge in [-0.15, -0.1) is 0 Å². The minimum Gasteiger partial charge on any atom is -0.492 e. The second-order valence-electron chi connectivity index (χ2n) is 3.48. The first kappa shape index (κ1) is 9.36. The average molecular weight is 208 g/mol. The third kappa shape index (κ3) is 2.00. The summed E-state index contributed by atoms with van der Waals surface area (Å²) >= 11 is 5.86. The first-order valence-electron chi connectivity index (χ1n) is 4.62. The number of halogens is 1. The molecule has 1 saturated carbocycles. The third-order valence-corrected chi connectivity index (χ3v) is 2.57. The number of benzene rings is 1. The highest BCUT2D eigenvalue weighted by Crippen LogP contribution is 2.31. The largest absolute Gasteiger partial charge is 0.492 e. The lowest BCUT2D eigenvalue weighted by atomic mass is 10.2. The summed E-state index contributed by atoms with van der Waals surface area (Å²) in [7, 11) is 0. The fraction of sp³-hybridized carbons (Fsp3) is 0.364. The molecule has 1 aliphatic rings. The smallest absolute Gasteiger partial charge is 0.138 e. The molecule has 72 valence electrons. The molecule has 0 heterocycles. The van der Waals surface area contributed by atoms with Crippen LogP contribution in [0.4, 0.5) is 0 Å². The molecule has 1 aliphatic carbocycles. The highest BCUT2D eigenvalue weighted by Gasteiger charge is 2.22. The van der Waals surface area contributed by atoms with Crippen LogP contribution in [0.3, 0.4) is 0 Å². The topological polar surface area (TPSA) is 33.0 Å². The molecule has 0 saturated heterocycles. The van der Waals surface area contributed by atoms with Gasteiger partial charge in [-0.2, -0.15) is 5.26 Å². The van der Waals surface area contributed by atoms with Gasteiger partial charge in [0, 0.05) is 0 Å². The van der Waals surface area contributed by atoms with Crippen LogP contribution in [0.5, 0.6) is 5.75 Å². The summed E-state index contributed by atoms with van der Waals surface area (Å²) in [6, 6.07) is 7.33. The molecule has 1 aromatic carbocycles. The molecular weight excluding hydrogens is 198 g/mol. The molecule has 1 fully saturated rings. The standard InChI is InChI=1S/C11H10ClNO/c12-10-2-1-3-11(9(10)6-13)14-7-8-4-5-8/h1-3,8H,4-5,7H2. The number of nitrogens with zero attached hydrogens (tertiary/aromatic N) is 1. The van der Waals surface area contributed by atoms with Gasteiger partial charge < -0.3 is 4.74 Å². The number of rotatable bonds is 3. The summed E-state index contributed by atoms with van der Waals surface area (Å²) < 4.78 is 5.53. The van der Waals surface area contributed by atoms with E-state index in [9.17, 15) is 0 Å². The second-order valence-corrected chi connectivity index (χ2v) is 3.89. The molecule has 0 radical (unpaired) electrons. The second kappa shape index (κ2) is 3.89. The van der Waals surface area contributed by atoms with E-state index in [1.807, 2.05) is 0 Å². The Morgan fingerprint density at radius 1 is 1.50 bits per heavy atom. The Kier molecular flexibility index (Phi) is 2.60. The van der Waals surface area contributed by atoms with Gasteiger partial charge in [-0.25, -0.2) is 0 Å². The lowest BCUT2D eigenvalue weighted by molar-refractivity contribution is 0.299. The van der Waals surface area contributed by atoms with E-state index in [0.29, 0.717) is 28.9 Å². The molecular formula is C11H10ClNO. The van der Waals surface area contributed by atoms with E-state index in [1.54, 1.807) is 18.2 Å². The van der Waals surface area contributed by atoms with E-state index in [4.69, 9.17) is 21.6 Å². The predicted octanol–water partition coefficient (Wildman–Crippen LogP) is 3.00. The molecule has 0 amide bonds. The summed E-state index contributed by atoms with van der Waals surface area (Å²) in [6.45, 7) is 0.703. The molecule has 3 heteroatoms. The van der Waals surface area contributed by atoms with Gasteiger partial charge in [-0.05, 0) is 30.9 Å². The molecule has 0 unspecified atom stereocenters. The van der Waals surface area contributed by atoms with E-state index in [2.05, 4.69) is 6.07 Å². The van der Waals surface area contributed by atoms with E-state index >= 15 is 0 Å². The first-order chi connectivity index (χ1) is 6.81. The van der Waals surface area contributed by atoms with E-state index in [-0.39, 0.29) is 0 Å². The minimum atomic E-state index is 0.440. The van der Waals surface area contributed by atoms with Crippen LogP contribution in [-0.4, -0.2) is 6.61 Å². The quantitative estimate of drug-likeness (QED) is 0.764. The molecule has 0 spiro atoms. The Balaban J connectivity index is 2.14. The fourth-order valence-corrected chi connectivity index (χ4v) is 1.43. The van der Waals surface area contributed by atoms with Crippen molar-refractivity contribution in [2.75, 3.05) is 6.61 Å². The van der Waals surface area contributed by atoms with Gasteiger partial charge >= 0.3 is 0 Å². The van der Waals surface area contributed by atoms with Crippen LogP contribution >= 0.6 is 11.6 Å². The Labute approximate surface area is 88.1 Å². The molecule has 2 nitrogen and oxygen atoms in total. The fourth-order valence-electron chi connectivity index (χ4n) is 1.23. The molecule has 0 N–H and O–H groups in total. The normalized spacial score (nSPS) is 14.9. The zero-order valence-electron chi connectivity index (χ0n) is 7.66. The van der Waals surface area contributed by atoms with E-state index < -0.39 is 0 Å². The van der Waals surface area contributed by atoms with Crippen LogP contribution in [0.1, 0.15) is 18.4 Å². The number of hydrogen-bond acceptors (Lipinski definition) is 2. The van der Waals surface area contributed by atoms with Crippen molar-refractivity contribution in [1.82, 2.24) is 0 Å². The van der Waals surface area contributed by atoms with Gasteiger partial charge in [0.25, 0.3) is 0 Å². The average Bonchev–Trinajstić information content (AvgIpc) is 2.98. The third-order valence-electron chi connectivity index (χ3n) is 2.26. The van der Waals surface area contributed by atoms with Crippen molar-refractivity contribution < 1.29 is 4.74 Å². The molecule has 0 aromatic heterocycles. The van der Waals surface area contributed by atoms with Crippen molar-refractivity contribution in [2.24, 2.45) is 5.92 Å². The Morgan fingerprint density at radius 2 is 2.29 bits per heavy atom. The summed E-state index contributed by atoms with van der Waals surface area (Å²) in [6.07, 6.45) is 2.48. The van der Waals surface area contributed by atoms with Gasteiger partial charge in [-0.1, -0.05) is 17.7 Å². The lowest BCUT2D eigenvalue weighted by Gasteiger charge is -2.07. The van der Waals surface area contributed by atoms with Gasteiger partial charge in [-0.3, -0.25) is 0 Å². The monoisotopic (exact) mass is 207 g/mol. The predicted molar refractivity (Wildman–Crippen MR) is 54.4 cm³/mol. The van der Waals surface area contributed by atoms with Gasteiger partial charge in [0.1, 0.15) is 17.4 Å². The molecule has 2 rings (SSSR count). The number of ether oxygens (including phenoxy) is 1. The van der Waals surface area contributed by atoms with Crippen molar-refractivity contribution in [3.63, 3.8) is 0 Å². The van der Waals surface area contributed by atoms with Gasteiger partial charge in [0.05, 0.1) is 11.6 Å². The summed E-state index contributed by atoms with van der Waals surface area (Å²) in [5.74, 6) is 1.28. The molecule has 0 aliphatic heterocycles. The van der Waals surface area contributed by atoms with Crippen molar-refractivity contribution in [1.29, 1.82) is 5.26 Å². The number of nitriles is 1. The summed E-state index contributed by atoms with van der Waals surface area (Å²) in [4.78, 5) is 0. The zero-order chi connectivity index (χ0) is 9.97. The maximum atomic E-state index is 8.87. The zero-order valence-corrected chi connectivity index (χ0v) is 8.42. The van der Waals surface area contributed by atoms with Crippen LogP contribution in [0.2, 0.25) is 5.02 Å². The maximum absolute atomic E-state index is 8.87. The van der Waals surface area contributed by atoms with Crippen molar-refractivity contribution in [3.8, 4) is 11.8 Å². The van der Waals surface area contributed by atoms with Gasteiger partial charge in [0.15, 0.2) is 0 Å². The van der Waals surface area contributed by atoms with Crippen LogP contribution in [0, 0.1) is 17.2 Å². The Morgan fingerprint density at radius 3 is 2.93 bits per heavy atom. The lowest BCUT2D eigenvalue weighted by Crippen LogP contribution is -2.00. The summed E-state index contributed by atoms with van der Waals surface area (Å²) in [5, 5.41) is 9.32. The minimum absolute atomic E-state index is 0.440. The maximum Gasteiger partial charge on any atom is 0.138 e. The van der Waals surface area contributed by atoms with E-state index in [1.165, 1.54) is 12.8 Å². The molecule has 14 heavy (non-hydrogen) atoms. The Hall–Kier alpha value is -1.20. The molecule has 1 aromatic rings. The van der Waals surface area contributed by atoms with Crippen LogP contribution in [0.15, 0.2) is 18.2 Å². The summed E-state index contributed by atoms with van der Waals surface area (Å²) in [5.41, 5.74) is 0.440. The highest BCUT2D eigenvalue weighted by atomic mass is 35.5. The van der Waals surface area contributed by atoms with Crippen LogP contribution in [-0.2, 0) is 0 Å². The van der Waals surface area contributed by atoms with E-state index in [0.717, 1.165) is 0 Å². The molecule has 0 bridgehead atoms.